The Bertz CT molecular complexity index is 1010. The zero-order chi connectivity index (χ0) is 39.3. The maximum atomic E-state index is 12.7. The van der Waals surface area contributed by atoms with Gasteiger partial charge in [0.1, 0.15) is 6.61 Å². The summed E-state index contributed by atoms with van der Waals surface area (Å²) >= 11 is 0. The van der Waals surface area contributed by atoms with E-state index >= 15 is 0 Å². The lowest BCUT2D eigenvalue weighted by molar-refractivity contribution is -0.887. The number of allylic oxidation sites excluding steroid dienone is 8. The van der Waals surface area contributed by atoms with Crippen molar-refractivity contribution in [1.82, 2.24) is 0 Å². The van der Waals surface area contributed by atoms with Gasteiger partial charge in [-0.15, -0.1) is 0 Å². The Balaban J connectivity index is 4.44. The van der Waals surface area contributed by atoms with Crippen LogP contribution in [0.2, 0.25) is 0 Å². The first-order valence-corrected chi connectivity index (χ1v) is 21.2. The number of carboxylic acid groups (broad SMARTS) is 1. The Morgan fingerprint density at radius 3 is 1.57 bits per heavy atom. The summed E-state index contributed by atoms with van der Waals surface area (Å²) in [6.45, 7) is 4.57. The van der Waals surface area contributed by atoms with E-state index in [9.17, 15) is 19.5 Å². The van der Waals surface area contributed by atoms with Crippen molar-refractivity contribution in [1.29, 1.82) is 0 Å². The second-order valence-corrected chi connectivity index (χ2v) is 15.2. The van der Waals surface area contributed by atoms with Gasteiger partial charge in [0.2, 0.25) is 0 Å². The molecule has 0 saturated carbocycles. The van der Waals surface area contributed by atoms with E-state index in [1.165, 1.54) is 70.6 Å². The van der Waals surface area contributed by atoms with E-state index in [0.717, 1.165) is 57.8 Å². The van der Waals surface area contributed by atoms with Crippen LogP contribution in [-0.4, -0.2) is 80.6 Å². The highest BCUT2D eigenvalue weighted by Gasteiger charge is 2.31. The molecule has 8 nitrogen and oxygen atoms in total. The molecule has 0 rings (SSSR count). The second-order valence-electron chi connectivity index (χ2n) is 15.2. The van der Waals surface area contributed by atoms with E-state index in [1.54, 1.807) is 0 Å². The van der Waals surface area contributed by atoms with E-state index in [1.807, 2.05) is 21.1 Å². The van der Waals surface area contributed by atoms with Gasteiger partial charge in [-0.25, -0.2) is 4.79 Å². The summed E-state index contributed by atoms with van der Waals surface area (Å²) in [6.07, 6.45) is 41.5. The van der Waals surface area contributed by atoms with Crippen LogP contribution in [0.25, 0.3) is 0 Å². The first kappa shape index (κ1) is 50.3. The molecule has 0 aliphatic heterocycles. The predicted molar refractivity (Wildman–Crippen MR) is 220 cm³/mol. The molecule has 306 valence electrons. The summed E-state index contributed by atoms with van der Waals surface area (Å²) in [5, 5.41) is 9.60. The summed E-state index contributed by atoms with van der Waals surface area (Å²) in [5.41, 5.74) is 0. The molecule has 8 heteroatoms. The molecule has 1 N–H and O–H groups in total. The van der Waals surface area contributed by atoms with Crippen LogP contribution in [0.5, 0.6) is 0 Å². The fraction of sp³-hybridized carbons (Fsp3) is 0.756. The van der Waals surface area contributed by atoms with Crippen LogP contribution in [0.1, 0.15) is 168 Å². The highest BCUT2D eigenvalue weighted by atomic mass is 16.6. The molecule has 0 aliphatic carbocycles. The van der Waals surface area contributed by atoms with Gasteiger partial charge in [-0.3, -0.25) is 9.59 Å². The SMILES string of the molecule is CC/C=C\C/C=C\C/C=C\C/C=C\CCCCC(=O)OC(COCCC(C(=O)O)[N+](C)(C)C)COC(=O)CCCCCCCCCCCCCCCC. The monoisotopic (exact) mass is 747 g/mol. The number of quaternary nitrogens is 1. The third-order valence-electron chi connectivity index (χ3n) is 9.24. The van der Waals surface area contributed by atoms with Crippen molar-refractivity contribution in [3.05, 3.63) is 48.6 Å². The summed E-state index contributed by atoms with van der Waals surface area (Å²) in [7, 11) is 5.51. The van der Waals surface area contributed by atoms with Gasteiger partial charge >= 0.3 is 17.9 Å². The Morgan fingerprint density at radius 1 is 0.585 bits per heavy atom. The van der Waals surface area contributed by atoms with E-state index in [2.05, 4.69) is 62.5 Å². The highest BCUT2D eigenvalue weighted by molar-refractivity contribution is 5.72. The van der Waals surface area contributed by atoms with E-state index in [4.69, 9.17) is 14.2 Å². The molecule has 0 radical (unpaired) electrons. The van der Waals surface area contributed by atoms with Crippen LogP contribution >= 0.6 is 0 Å². The van der Waals surface area contributed by atoms with Crippen LogP contribution in [0, 0.1) is 0 Å². The molecule has 53 heavy (non-hydrogen) atoms. The number of ether oxygens (including phenoxy) is 3. The van der Waals surface area contributed by atoms with E-state index in [-0.39, 0.29) is 42.7 Å². The Morgan fingerprint density at radius 2 is 1.06 bits per heavy atom. The molecule has 0 aromatic rings. The largest absolute Gasteiger partial charge is 0.477 e. The number of carbonyl (C=O) groups is 3. The van der Waals surface area contributed by atoms with Gasteiger partial charge in [0.25, 0.3) is 0 Å². The average molecular weight is 747 g/mol. The fourth-order valence-electron chi connectivity index (χ4n) is 5.96. The maximum absolute atomic E-state index is 12.7. The number of carbonyl (C=O) groups excluding carboxylic acids is 2. The molecule has 0 aromatic heterocycles. The summed E-state index contributed by atoms with van der Waals surface area (Å²) < 4.78 is 17.2. The first-order chi connectivity index (χ1) is 25.6. The van der Waals surface area contributed by atoms with Crippen molar-refractivity contribution in [3.63, 3.8) is 0 Å². The zero-order valence-corrected chi connectivity index (χ0v) is 34.7. The molecule has 0 bridgehead atoms. The molecule has 0 fully saturated rings. The summed E-state index contributed by atoms with van der Waals surface area (Å²) in [4.78, 5) is 36.9. The summed E-state index contributed by atoms with van der Waals surface area (Å²) in [6, 6.07) is -0.621. The maximum Gasteiger partial charge on any atom is 0.362 e. The molecule has 0 aromatic carbocycles. The van der Waals surface area contributed by atoms with Crippen molar-refractivity contribution in [2.24, 2.45) is 0 Å². The predicted octanol–water partition coefficient (Wildman–Crippen LogP) is 11.2. The van der Waals surface area contributed by atoms with Crippen LogP contribution in [0.3, 0.4) is 0 Å². The number of aliphatic carboxylic acids is 1. The third kappa shape index (κ3) is 34.8. The molecular weight excluding hydrogens is 666 g/mol. The van der Waals surface area contributed by atoms with Crippen LogP contribution in [0.15, 0.2) is 48.6 Å². The highest BCUT2D eigenvalue weighted by Crippen LogP contribution is 2.14. The third-order valence-corrected chi connectivity index (χ3v) is 9.24. The van der Waals surface area contributed by atoms with Crippen molar-refractivity contribution in [2.75, 3.05) is 41.0 Å². The number of hydrogen-bond acceptors (Lipinski definition) is 6. The Labute approximate surface area is 325 Å². The van der Waals surface area contributed by atoms with Gasteiger partial charge in [-0.05, 0) is 51.4 Å². The standard InChI is InChI=1S/C45H79NO7/c1-6-8-10-12-14-16-18-20-22-24-26-28-30-32-34-36-44(48)53-41(39-51-38-37-42(45(49)50)46(3,4)5)40-52-43(47)35-33-31-29-27-25-23-21-19-17-15-13-11-9-7-2/h8,10,14,16,20,22,26,28,41-42H,6-7,9,11-13,15,17-19,21,23-25,27,29-40H2,1-5H3/p+1/b10-8-,16-14-,22-20-,28-26-. The zero-order valence-electron chi connectivity index (χ0n) is 34.7. The van der Waals surface area contributed by atoms with E-state index in [0.29, 0.717) is 19.3 Å². The lowest BCUT2D eigenvalue weighted by Crippen LogP contribution is -2.50. The number of esters is 2. The van der Waals surface area contributed by atoms with Gasteiger partial charge in [-0.2, -0.15) is 0 Å². The number of rotatable bonds is 37. The number of carboxylic acids is 1. The van der Waals surface area contributed by atoms with Crippen LogP contribution in [-0.2, 0) is 28.6 Å². The molecule has 0 heterocycles. The molecule has 2 atom stereocenters. The number of hydrogen-bond donors (Lipinski definition) is 1. The molecular formula is C45H80NO7+. The minimum Gasteiger partial charge on any atom is -0.477 e. The Kier molecular flexibility index (Phi) is 34.4. The lowest BCUT2D eigenvalue weighted by atomic mass is 10.0. The Hall–Kier alpha value is -2.71. The summed E-state index contributed by atoms with van der Waals surface area (Å²) in [5.74, 6) is -1.52. The fourth-order valence-corrected chi connectivity index (χ4v) is 5.96. The minimum atomic E-state index is -0.883. The number of unbranched alkanes of at least 4 members (excludes halogenated alkanes) is 15. The minimum absolute atomic E-state index is 0.0450. The quantitative estimate of drug-likeness (QED) is 0.0292. The van der Waals surface area contributed by atoms with Crippen molar-refractivity contribution in [3.8, 4) is 0 Å². The van der Waals surface area contributed by atoms with Gasteiger partial charge in [0, 0.05) is 19.3 Å². The average Bonchev–Trinajstić information content (AvgIpc) is 3.11. The topological polar surface area (TPSA) is 99.1 Å². The van der Waals surface area contributed by atoms with Crippen LogP contribution < -0.4 is 0 Å². The van der Waals surface area contributed by atoms with Gasteiger partial charge < -0.3 is 23.8 Å². The molecule has 0 aliphatic rings. The van der Waals surface area contributed by atoms with Crippen molar-refractivity contribution >= 4 is 17.9 Å². The van der Waals surface area contributed by atoms with Gasteiger partial charge in [0.15, 0.2) is 12.1 Å². The van der Waals surface area contributed by atoms with E-state index < -0.39 is 18.1 Å². The smallest absolute Gasteiger partial charge is 0.362 e. The molecule has 2 unspecified atom stereocenters. The first-order valence-electron chi connectivity index (χ1n) is 21.2. The normalized spacial score (nSPS) is 13.5. The lowest BCUT2D eigenvalue weighted by Gasteiger charge is -2.31. The van der Waals surface area contributed by atoms with Crippen LogP contribution in [0.4, 0.5) is 0 Å². The van der Waals surface area contributed by atoms with Gasteiger partial charge in [-0.1, -0.05) is 146 Å². The number of nitrogens with zero attached hydrogens (tertiary/aromatic N) is 1. The van der Waals surface area contributed by atoms with Gasteiger partial charge in [0.05, 0.1) is 34.4 Å². The molecule has 0 saturated heterocycles. The van der Waals surface area contributed by atoms with Crippen molar-refractivity contribution < 1.29 is 38.2 Å². The second kappa shape index (κ2) is 36.3. The number of likely N-dealkylation sites (N-methyl/N-ethyl adjacent to an activating group) is 1. The molecule has 0 spiro atoms. The molecule has 0 amide bonds. The van der Waals surface area contributed by atoms with Crippen molar-refractivity contribution in [2.45, 2.75) is 180 Å².